The molecule has 0 spiro atoms. The molecule has 0 radical (unpaired) electrons. The summed E-state index contributed by atoms with van der Waals surface area (Å²) in [5, 5.41) is 14.7. The second kappa shape index (κ2) is 12.2. The monoisotopic (exact) mass is 495 g/mol. The molecule has 4 atom stereocenters. The zero-order valence-corrected chi connectivity index (χ0v) is 20.2. The van der Waals surface area contributed by atoms with Crippen LogP contribution in [0.15, 0.2) is 54.6 Å². The summed E-state index contributed by atoms with van der Waals surface area (Å²) in [6, 6.07) is 12.1. The molecule has 2 aromatic rings. The van der Waals surface area contributed by atoms with Crippen LogP contribution in [-0.4, -0.2) is 64.3 Å². The van der Waals surface area contributed by atoms with Crippen molar-refractivity contribution < 1.29 is 24.3 Å². The lowest BCUT2D eigenvalue weighted by molar-refractivity contribution is -0.140. The first kappa shape index (κ1) is 26.7. The summed E-state index contributed by atoms with van der Waals surface area (Å²) < 4.78 is 0. The number of benzene rings is 2. The van der Waals surface area contributed by atoms with Gasteiger partial charge in [0.1, 0.15) is 23.9 Å². The van der Waals surface area contributed by atoms with E-state index in [1.807, 2.05) is 30.3 Å². The van der Waals surface area contributed by atoms with Crippen LogP contribution in [0.1, 0.15) is 30.9 Å². The van der Waals surface area contributed by atoms with Crippen LogP contribution in [-0.2, 0) is 32.0 Å². The third kappa shape index (κ3) is 7.05. The number of nitrogens with one attached hydrogen (secondary N) is 2. The van der Waals surface area contributed by atoms with Crippen molar-refractivity contribution in [3.05, 3.63) is 65.7 Å². The van der Waals surface area contributed by atoms with Crippen LogP contribution < -0.4 is 22.1 Å². The smallest absolute Gasteiger partial charge is 0.243 e. The molecular weight excluding hydrogens is 462 g/mol. The Kier molecular flexibility index (Phi) is 9.02. The quantitative estimate of drug-likeness (QED) is 0.310. The standard InChI is InChI=1S/C26H33N5O5/c1-16(24(34)30-21(23(28)33)15-17-6-3-2-4-7-17)29-25(35)22-8-5-13-31(22)26(36)20(27)14-18-9-11-19(32)12-10-18/h2-4,6-7,9-12,16,20-22,32H,5,8,13-15,27H2,1H3,(H2,28,33)(H,29,35)(H,30,34)/t16-,20-,21-,22-/m0/s1. The third-order valence-electron chi connectivity index (χ3n) is 6.24. The van der Waals surface area contributed by atoms with Crippen molar-refractivity contribution in [2.75, 3.05) is 6.54 Å². The van der Waals surface area contributed by atoms with Crippen molar-refractivity contribution >= 4 is 23.6 Å². The number of aromatic hydroxyl groups is 1. The SMILES string of the molecule is C[C@H](NC(=O)[C@@H]1CCCN1C(=O)[C@@H](N)Cc1ccc(O)cc1)C(=O)N[C@@H](Cc1ccccc1)C(N)=O. The lowest BCUT2D eigenvalue weighted by Gasteiger charge is -2.28. The van der Waals surface area contributed by atoms with Gasteiger partial charge in [0.2, 0.25) is 23.6 Å². The average Bonchev–Trinajstić information content (AvgIpc) is 3.35. The number of carbonyl (C=O) groups excluding carboxylic acids is 4. The molecule has 1 aliphatic heterocycles. The molecule has 3 rings (SSSR count). The zero-order valence-electron chi connectivity index (χ0n) is 20.2. The van der Waals surface area contributed by atoms with Gasteiger partial charge in [-0.15, -0.1) is 0 Å². The van der Waals surface area contributed by atoms with Crippen molar-refractivity contribution in [3.63, 3.8) is 0 Å². The molecule has 2 aromatic carbocycles. The number of nitrogens with zero attached hydrogens (tertiary/aromatic N) is 1. The topological polar surface area (TPSA) is 168 Å². The highest BCUT2D eigenvalue weighted by molar-refractivity contribution is 5.94. The Hall–Kier alpha value is -3.92. The van der Waals surface area contributed by atoms with Gasteiger partial charge in [-0.25, -0.2) is 0 Å². The van der Waals surface area contributed by atoms with E-state index in [9.17, 15) is 24.3 Å². The first-order chi connectivity index (χ1) is 17.2. The van der Waals surface area contributed by atoms with Gasteiger partial charge in [-0.1, -0.05) is 42.5 Å². The number of rotatable bonds is 10. The van der Waals surface area contributed by atoms with Gasteiger partial charge in [-0.05, 0) is 49.4 Å². The highest BCUT2D eigenvalue weighted by Gasteiger charge is 2.37. The van der Waals surface area contributed by atoms with Gasteiger partial charge < -0.3 is 32.1 Å². The van der Waals surface area contributed by atoms with E-state index in [2.05, 4.69) is 10.6 Å². The minimum absolute atomic E-state index is 0.121. The average molecular weight is 496 g/mol. The highest BCUT2D eigenvalue weighted by atomic mass is 16.3. The second-order valence-electron chi connectivity index (χ2n) is 9.05. The summed E-state index contributed by atoms with van der Waals surface area (Å²) in [6.07, 6.45) is 1.58. The fourth-order valence-corrected chi connectivity index (χ4v) is 4.23. The lowest BCUT2D eigenvalue weighted by Crippen LogP contribution is -2.56. The van der Waals surface area contributed by atoms with Crippen LogP contribution in [0.4, 0.5) is 0 Å². The minimum Gasteiger partial charge on any atom is -0.508 e. The summed E-state index contributed by atoms with van der Waals surface area (Å²) >= 11 is 0. The maximum absolute atomic E-state index is 13.0. The Morgan fingerprint density at radius 1 is 1.00 bits per heavy atom. The lowest BCUT2D eigenvalue weighted by atomic mass is 10.0. The summed E-state index contributed by atoms with van der Waals surface area (Å²) in [4.78, 5) is 52.0. The maximum atomic E-state index is 13.0. The molecule has 0 aromatic heterocycles. The van der Waals surface area contributed by atoms with Gasteiger partial charge >= 0.3 is 0 Å². The largest absolute Gasteiger partial charge is 0.508 e. The molecule has 0 saturated carbocycles. The number of hydrogen-bond donors (Lipinski definition) is 5. The molecule has 1 aliphatic rings. The van der Waals surface area contributed by atoms with E-state index >= 15 is 0 Å². The van der Waals surface area contributed by atoms with Crippen LogP contribution in [0, 0.1) is 0 Å². The van der Waals surface area contributed by atoms with E-state index in [4.69, 9.17) is 11.5 Å². The van der Waals surface area contributed by atoms with E-state index in [-0.39, 0.29) is 24.5 Å². The summed E-state index contributed by atoms with van der Waals surface area (Å²) in [7, 11) is 0. The van der Waals surface area contributed by atoms with Crippen LogP contribution in [0.5, 0.6) is 5.75 Å². The molecule has 0 bridgehead atoms. The normalized spacial score (nSPS) is 17.6. The number of phenols is 1. The molecule has 1 fully saturated rings. The number of carbonyl (C=O) groups is 4. The molecule has 192 valence electrons. The van der Waals surface area contributed by atoms with Gasteiger partial charge in [0.15, 0.2) is 0 Å². The number of phenolic OH excluding ortho intramolecular Hbond substituents is 1. The fraction of sp³-hybridized carbons (Fsp3) is 0.385. The van der Waals surface area contributed by atoms with E-state index in [1.165, 1.54) is 24.0 Å². The molecule has 1 saturated heterocycles. The van der Waals surface area contributed by atoms with Gasteiger partial charge in [0.25, 0.3) is 0 Å². The fourth-order valence-electron chi connectivity index (χ4n) is 4.23. The van der Waals surface area contributed by atoms with Gasteiger partial charge in [0.05, 0.1) is 6.04 Å². The highest BCUT2D eigenvalue weighted by Crippen LogP contribution is 2.20. The van der Waals surface area contributed by atoms with Crippen molar-refractivity contribution in [1.82, 2.24) is 15.5 Å². The number of likely N-dealkylation sites (tertiary alicyclic amines) is 1. The van der Waals surface area contributed by atoms with E-state index in [0.29, 0.717) is 19.4 Å². The third-order valence-corrected chi connectivity index (χ3v) is 6.24. The number of nitrogens with two attached hydrogens (primary N) is 2. The molecular formula is C26H33N5O5. The maximum Gasteiger partial charge on any atom is 0.243 e. The molecule has 1 heterocycles. The molecule has 10 nitrogen and oxygen atoms in total. The Morgan fingerprint density at radius 2 is 1.64 bits per heavy atom. The Morgan fingerprint density at radius 3 is 2.28 bits per heavy atom. The Bertz CT molecular complexity index is 1080. The second-order valence-corrected chi connectivity index (χ2v) is 9.05. The molecule has 0 unspecified atom stereocenters. The van der Waals surface area contributed by atoms with Gasteiger partial charge in [-0.2, -0.15) is 0 Å². The predicted octanol–water partition coefficient (Wildman–Crippen LogP) is -0.0295. The number of hydrogen-bond acceptors (Lipinski definition) is 6. The van der Waals surface area contributed by atoms with E-state index in [1.54, 1.807) is 12.1 Å². The summed E-state index contributed by atoms with van der Waals surface area (Å²) in [5.74, 6) is -1.92. The van der Waals surface area contributed by atoms with Crippen LogP contribution in [0.25, 0.3) is 0 Å². The minimum atomic E-state index is -0.946. The Labute approximate surface area is 210 Å². The van der Waals surface area contributed by atoms with Crippen LogP contribution >= 0.6 is 0 Å². The van der Waals surface area contributed by atoms with Crippen molar-refractivity contribution in [2.24, 2.45) is 11.5 Å². The predicted molar refractivity (Wildman–Crippen MR) is 133 cm³/mol. The van der Waals surface area contributed by atoms with Gasteiger partial charge in [0, 0.05) is 13.0 Å². The van der Waals surface area contributed by atoms with Crippen LogP contribution in [0.2, 0.25) is 0 Å². The molecule has 10 heteroatoms. The Balaban J connectivity index is 1.56. The first-order valence-electron chi connectivity index (χ1n) is 11.9. The summed E-state index contributed by atoms with van der Waals surface area (Å²) in [6.45, 7) is 1.90. The zero-order chi connectivity index (χ0) is 26.2. The van der Waals surface area contributed by atoms with E-state index < -0.39 is 41.9 Å². The molecule has 0 aliphatic carbocycles. The van der Waals surface area contributed by atoms with E-state index in [0.717, 1.165) is 11.1 Å². The molecule has 36 heavy (non-hydrogen) atoms. The van der Waals surface area contributed by atoms with Crippen LogP contribution in [0.3, 0.4) is 0 Å². The number of primary amides is 1. The van der Waals surface area contributed by atoms with Crippen molar-refractivity contribution in [2.45, 2.75) is 56.8 Å². The summed E-state index contributed by atoms with van der Waals surface area (Å²) in [5.41, 5.74) is 13.2. The van der Waals surface area contributed by atoms with Crippen molar-refractivity contribution in [1.29, 1.82) is 0 Å². The molecule has 4 amide bonds. The molecule has 7 N–H and O–H groups in total. The van der Waals surface area contributed by atoms with Gasteiger partial charge in [-0.3, -0.25) is 19.2 Å². The number of amides is 4. The van der Waals surface area contributed by atoms with Crippen molar-refractivity contribution in [3.8, 4) is 5.75 Å². The first-order valence-corrected chi connectivity index (χ1v) is 11.9.